The Kier molecular flexibility index (Phi) is 3.65. The molecule has 2 heterocycles. The fourth-order valence-electron chi connectivity index (χ4n) is 2.87. The number of piperidine rings is 1. The molecule has 1 aliphatic rings. The first kappa shape index (κ1) is 12.4. The van der Waals surface area contributed by atoms with Gasteiger partial charge < -0.3 is 9.88 Å². The molecule has 0 bridgehead atoms. The van der Waals surface area contributed by atoms with Crippen LogP contribution in [0.25, 0.3) is 11.4 Å². The molecule has 1 atom stereocenters. The van der Waals surface area contributed by atoms with Crippen molar-refractivity contribution < 1.29 is 0 Å². The third-order valence-electron chi connectivity index (χ3n) is 3.96. The second kappa shape index (κ2) is 5.57. The SMILES string of the molecule is Cn1ccnc1-c1ccc(CC2CCCNC2)cc1. The zero-order chi connectivity index (χ0) is 13.1. The molecular weight excluding hydrogens is 234 g/mol. The summed E-state index contributed by atoms with van der Waals surface area (Å²) in [5, 5.41) is 3.48. The quantitative estimate of drug-likeness (QED) is 0.913. The van der Waals surface area contributed by atoms with E-state index in [9.17, 15) is 0 Å². The molecule has 1 fully saturated rings. The van der Waals surface area contributed by atoms with Gasteiger partial charge >= 0.3 is 0 Å². The van der Waals surface area contributed by atoms with Gasteiger partial charge in [0.1, 0.15) is 5.82 Å². The molecule has 3 nitrogen and oxygen atoms in total. The maximum atomic E-state index is 4.38. The lowest BCUT2D eigenvalue weighted by molar-refractivity contribution is 0.376. The second-order valence-corrected chi connectivity index (χ2v) is 5.48. The smallest absolute Gasteiger partial charge is 0.139 e. The van der Waals surface area contributed by atoms with E-state index in [4.69, 9.17) is 0 Å². The maximum Gasteiger partial charge on any atom is 0.139 e. The van der Waals surface area contributed by atoms with Gasteiger partial charge in [-0.3, -0.25) is 0 Å². The van der Waals surface area contributed by atoms with E-state index in [0.717, 1.165) is 11.7 Å². The molecule has 1 aromatic heterocycles. The summed E-state index contributed by atoms with van der Waals surface area (Å²) in [7, 11) is 2.03. The standard InChI is InChI=1S/C16H21N3/c1-19-10-9-18-16(19)15-6-4-13(5-7-15)11-14-3-2-8-17-12-14/h4-7,9-10,14,17H,2-3,8,11-12H2,1H3. The number of nitrogens with zero attached hydrogens (tertiary/aromatic N) is 2. The van der Waals surface area contributed by atoms with E-state index in [1.165, 1.54) is 43.5 Å². The van der Waals surface area contributed by atoms with Gasteiger partial charge in [0.2, 0.25) is 0 Å². The van der Waals surface area contributed by atoms with Crippen LogP contribution < -0.4 is 5.32 Å². The van der Waals surface area contributed by atoms with Gasteiger partial charge in [-0.05, 0) is 43.8 Å². The number of nitrogens with one attached hydrogen (secondary N) is 1. The molecule has 100 valence electrons. The summed E-state index contributed by atoms with van der Waals surface area (Å²) in [5.74, 6) is 1.83. The van der Waals surface area contributed by atoms with Crippen LogP contribution in [0.2, 0.25) is 0 Å². The predicted molar refractivity (Wildman–Crippen MR) is 77.9 cm³/mol. The first-order chi connectivity index (χ1) is 9.33. The van der Waals surface area contributed by atoms with E-state index in [2.05, 4.69) is 39.1 Å². The van der Waals surface area contributed by atoms with Gasteiger partial charge in [0.15, 0.2) is 0 Å². The lowest BCUT2D eigenvalue weighted by Gasteiger charge is -2.22. The van der Waals surface area contributed by atoms with Crippen LogP contribution in [0.5, 0.6) is 0 Å². The van der Waals surface area contributed by atoms with Gasteiger partial charge in [-0.2, -0.15) is 0 Å². The number of hydrogen-bond donors (Lipinski definition) is 1. The second-order valence-electron chi connectivity index (χ2n) is 5.48. The van der Waals surface area contributed by atoms with E-state index in [1.54, 1.807) is 0 Å². The Morgan fingerprint density at radius 1 is 1.32 bits per heavy atom. The molecule has 1 aliphatic heterocycles. The molecule has 1 saturated heterocycles. The largest absolute Gasteiger partial charge is 0.334 e. The number of aromatic nitrogens is 2. The molecule has 3 rings (SSSR count). The summed E-state index contributed by atoms with van der Waals surface area (Å²) in [6.45, 7) is 2.36. The zero-order valence-electron chi connectivity index (χ0n) is 11.5. The number of aryl methyl sites for hydroxylation is 1. The van der Waals surface area contributed by atoms with Crippen molar-refractivity contribution in [3.63, 3.8) is 0 Å². The average molecular weight is 255 g/mol. The van der Waals surface area contributed by atoms with Crippen LogP contribution in [-0.2, 0) is 13.5 Å². The van der Waals surface area contributed by atoms with Gasteiger partial charge in [-0.1, -0.05) is 24.3 Å². The molecule has 0 spiro atoms. The summed E-state index contributed by atoms with van der Waals surface area (Å²) in [5.41, 5.74) is 2.63. The van der Waals surface area contributed by atoms with Crippen LogP contribution in [0.3, 0.4) is 0 Å². The van der Waals surface area contributed by atoms with Gasteiger partial charge in [-0.25, -0.2) is 4.98 Å². The number of imidazole rings is 1. The van der Waals surface area contributed by atoms with Crippen molar-refractivity contribution in [3.8, 4) is 11.4 Å². The van der Waals surface area contributed by atoms with Crippen LogP contribution in [0.1, 0.15) is 18.4 Å². The summed E-state index contributed by atoms with van der Waals surface area (Å²) >= 11 is 0. The lowest BCUT2D eigenvalue weighted by Crippen LogP contribution is -2.30. The summed E-state index contributed by atoms with van der Waals surface area (Å²) in [6, 6.07) is 8.87. The minimum Gasteiger partial charge on any atom is -0.334 e. The molecule has 19 heavy (non-hydrogen) atoms. The normalized spacial score (nSPS) is 19.5. The molecular formula is C16H21N3. The summed E-state index contributed by atoms with van der Waals surface area (Å²) < 4.78 is 2.06. The van der Waals surface area contributed by atoms with Crippen LogP contribution in [-0.4, -0.2) is 22.6 Å². The van der Waals surface area contributed by atoms with Crippen molar-refractivity contribution in [2.24, 2.45) is 13.0 Å². The molecule has 1 unspecified atom stereocenters. The molecule has 0 radical (unpaired) electrons. The Labute approximate surface area is 114 Å². The average Bonchev–Trinajstić information content (AvgIpc) is 2.87. The van der Waals surface area contributed by atoms with E-state index < -0.39 is 0 Å². The molecule has 0 aliphatic carbocycles. The van der Waals surface area contributed by atoms with Crippen LogP contribution in [0.15, 0.2) is 36.7 Å². The van der Waals surface area contributed by atoms with E-state index >= 15 is 0 Å². The topological polar surface area (TPSA) is 29.9 Å². The van der Waals surface area contributed by atoms with Crippen molar-refractivity contribution in [1.29, 1.82) is 0 Å². The van der Waals surface area contributed by atoms with Crippen molar-refractivity contribution in [3.05, 3.63) is 42.2 Å². The van der Waals surface area contributed by atoms with Crippen molar-refractivity contribution in [2.75, 3.05) is 13.1 Å². The van der Waals surface area contributed by atoms with Crippen molar-refractivity contribution >= 4 is 0 Å². The monoisotopic (exact) mass is 255 g/mol. The van der Waals surface area contributed by atoms with Gasteiger partial charge in [0, 0.05) is 25.0 Å². The fourth-order valence-corrected chi connectivity index (χ4v) is 2.87. The minimum atomic E-state index is 0.799. The van der Waals surface area contributed by atoms with Crippen LogP contribution in [0.4, 0.5) is 0 Å². The Bertz CT molecular complexity index is 521. The van der Waals surface area contributed by atoms with E-state index in [-0.39, 0.29) is 0 Å². The lowest BCUT2D eigenvalue weighted by atomic mass is 9.92. The Balaban J connectivity index is 1.70. The summed E-state index contributed by atoms with van der Waals surface area (Å²) in [4.78, 5) is 4.38. The first-order valence-corrected chi connectivity index (χ1v) is 7.10. The third-order valence-corrected chi connectivity index (χ3v) is 3.96. The van der Waals surface area contributed by atoms with Crippen molar-refractivity contribution in [2.45, 2.75) is 19.3 Å². The van der Waals surface area contributed by atoms with E-state index in [0.29, 0.717) is 0 Å². The van der Waals surface area contributed by atoms with Crippen LogP contribution >= 0.6 is 0 Å². The molecule has 3 heteroatoms. The fraction of sp³-hybridized carbons (Fsp3) is 0.438. The molecule has 1 aromatic carbocycles. The highest BCUT2D eigenvalue weighted by Crippen LogP contribution is 2.20. The van der Waals surface area contributed by atoms with Crippen molar-refractivity contribution in [1.82, 2.24) is 14.9 Å². The number of benzene rings is 1. The highest BCUT2D eigenvalue weighted by molar-refractivity contribution is 5.55. The van der Waals surface area contributed by atoms with Gasteiger partial charge in [0.25, 0.3) is 0 Å². The third kappa shape index (κ3) is 2.87. The Morgan fingerprint density at radius 2 is 2.16 bits per heavy atom. The minimum absolute atomic E-state index is 0.799. The highest BCUT2D eigenvalue weighted by atomic mass is 15.0. The van der Waals surface area contributed by atoms with Gasteiger partial charge in [0.05, 0.1) is 0 Å². The Hall–Kier alpha value is -1.61. The Morgan fingerprint density at radius 3 is 2.79 bits per heavy atom. The first-order valence-electron chi connectivity index (χ1n) is 7.10. The van der Waals surface area contributed by atoms with E-state index in [1.807, 2.05) is 19.4 Å². The predicted octanol–water partition coefficient (Wildman–Crippen LogP) is 2.63. The molecule has 0 saturated carbocycles. The number of hydrogen-bond acceptors (Lipinski definition) is 2. The highest BCUT2D eigenvalue weighted by Gasteiger charge is 2.13. The van der Waals surface area contributed by atoms with Crippen LogP contribution in [0, 0.1) is 5.92 Å². The molecule has 2 aromatic rings. The molecule has 0 amide bonds. The summed E-state index contributed by atoms with van der Waals surface area (Å²) in [6.07, 6.45) is 7.69. The molecule has 1 N–H and O–H groups in total. The number of rotatable bonds is 3. The van der Waals surface area contributed by atoms with Gasteiger partial charge in [-0.15, -0.1) is 0 Å². The zero-order valence-corrected chi connectivity index (χ0v) is 11.5. The maximum absolute atomic E-state index is 4.38.